The van der Waals surface area contributed by atoms with Gasteiger partial charge < -0.3 is 0 Å². The fourth-order valence-electron chi connectivity index (χ4n) is 1.86. The van der Waals surface area contributed by atoms with Gasteiger partial charge in [0.1, 0.15) is 0 Å². The summed E-state index contributed by atoms with van der Waals surface area (Å²) in [5.74, 6) is -0.250. The summed E-state index contributed by atoms with van der Waals surface area (Å²) in [4.78, 5) is 0. The molecular weight excluding hydrogens is 349 g/mol. The second-order valence-electron chi connectivity index (χ2n) is 4.86. The fourth-order valence-corrected chi connectivity index (χ4v) is 3.11. The van der Waals surface area contributed by atoms with Gasteiger partial charge in [0.25, 0.3) is 0 Å². The van der Waals surface area contributed by atoms with Crippen LogP contribution in [0.3, 0.4) is 0 Å². The Balaban J connectivity index is 2.17. The van der Waals surface area contributed by atoms with Crippen molar-refractivity contribution < 1.29 is 21.6 Å². The van der Waals surface area contributed by atoms with Gasteiger partial charge in [-0.25, -0.2) is 8.42 Å². The van der Waals surface area contributed by atoms with Crippen LogP contribution in [0.4, 0.5) is 13.2 Å². The minimum Gasteiger partial charge on any atom is -0.224 e. The zero-order chi connectivity index (χ0) is 17.1. The van der Waals surface area contributed by atoms with E-state index in [1.165, 1.54) is 12.1 Å². The predicted molar refractivity (Wildman–Crippen MR) is 84.6 cm³/mol. The molecule has 0 atom stereocenters. The predicted octanol–water partition coefficient (Wildman–Crippen LogP) is 4.94. The van der Waals surface area contributed by atoms with E-state index in [-0.39, 0.29) is 11.3 Å². The first kappa shape index (κ1) is 17.6. The quantitative estimate of drug-likeness (QED) is 0.773. The van der Waals surface area contributed by atoms with E-state index in [9.17, 15) is 21.6 Å². The van der Waals surface area contributed by atoms with E-state index in [1.807, 2.05) is 0 Å². The van der Waals surface area contributed by atoms with Gasteiger partial charge in [0.15, 0.2) is 9.84 Å². The molecule has 122 valence electrons. The highest BCUT2D eigenvalue weighted by molar-refractivity contribution is 7.93. The SMILES string of the molecule is O=S(=O)(/C=C/c1cccc(C(F)(F)F)c1)Cc1ccc(Cl)cc1. The zero-order valence-electron chi connectivity index (χ0n) is 11.7. The Hall–Kier alpha value is -1.79. The van der Waals surface area contributed by atoms with Crippen molar-refractivity contribution in [2.75, 3.05) is 0 Å². The van der Waals surface area contributed by atoms with Gasteiger partial charge in [-0.05, 0) is 41.5 Å². The number of halogens is 4. The van der Waals surface area contributed by atoms with Crippen LogP contribution < -0.4 is 0 Å². The molecule has 2 rings (SSSR count). The van der Waals surface area contributed by atoms with Crippen LogP contribution in [0.1, 0.15) is 16.7 Å². The molecule has 0 saturated heterocycles. The van der Waals surface area contributed by atoms with Crippen molar-refractivity contribution >= 4 is 27.5 Å². The number of hydrogen-bond donors (Lipinski definition) is 0. The van der Waals surface area contributed by atoms with Crippen molar-refractivity contribution in [3.05, 3.63) is 75.7 Å². The van der Waals surface area contributed by atoms with Crippen molar-refractivity contribution in [3.63, 3.8) is 0 Å². The summed E-state index contributed by atoms with van der Waals surface area (Å²) in [7, 11) is -3.60. The smallest absolute Gasteiger partial charge is 0.224 e. The van der Waals surface area contributed by atoms with E-state index < -0.39 is 21.6 Å². The van der Waals surface area contributed by atoms with Crippen molar-refractivity contribution in [1.29, 1.82) is 0 Å². The third-order valence-corrected chi connectivity index (χ3v) is 4.50. The monoisotopic (exact) mass is 360 g/mol. The number of rotatable bonds is 4. The number of alkyl halides is 3. The Kier molecular flexibility index (Phi) is 5.16. The Morgan fingerprint density at radius 1 is 1.04 bits per heavy atom. The Bertz CT molecular complexity index is 810. The lowest BCUT2D eigenvalue weighted by atomic mass is 10.1. The van der Waals surface area contributed by atoms with Crippen LogP contribution in [0.25, 0.3) is 6.08 Å². The van der Waals surface area contributed by atoms with Gasteiger partial charge in [-0.2, -0.15) is 13.2 Å². The van der Waals surface area contributed by atoms with Crippen LogP contribution in [0, 0.1) is 0 Å². The molecule has 0 unspecified atom stereocenters. The molecule has 0 aliphatic carbocycles. The standard InChI is InChI=1S/C16H12ClF3O2S/c17-15-6-4-13(5-7-15)11-23(21,22)9-8-12-2-1-3-14(10-12)16(18,19)20/h1-10H,11H2/b9-8+. The maximum atomic E-state index is 12.6. The van der Waals surface area contributed by atoms with Crippen LogP contribution in [-0.2, 0) is 21.8 Å². The third kappa shape index (κ3) is 5.41. The normalized spacial score (nSPS) is 12.7. The van der Waals surface area contributed by atoms with Gasteiger partial charge in [0.05, 0.1) is 11.3 Å². The van der Waals surface area contributed by atoms with Crippen LogP contribution in [0.5, 0.6) is 0 Å². The van der Waals surface area contributed by atoms with Crippen molar-refractivity contribution in [1.82, 2.24) is 0 Å². The molecule has 0 aliphatic rings. The summed E-state index contributed by atoms with van der Waals surface area (Å²) in [6.07, 6.45) is -3.31. The molecule has 0 saturated carbocycles. The maximum absolute atomic E-state index is 12.6. The highest BCUT2D eigenvalue weighted by atomic mass is 35.5. The van der Waals surface area contributed by atoms with Crippen LogP contribution in [0.2, 0.25) is 5.02 Å². The molecule has 0 spiro atoms. The molecule has 7 heteroatoms. The minimum atomic E-state index is -4.47. The van der Waals surface area contributed by atoms with E-state index >= 15 is 0 Å². The fraction of sp³-hybridized carbons (Fsp3) is 0.125. The lowest BCUT2D eigenvalue weighted by Crippen LogP contribution is -2.04. The van der Waals surface area contributed by atoms with E-state index in [0.717, 1.165) is 23.6 Å². The Morgan fingerprint density at radius 3 is 2.30 bits per heavy atom. The molecule has 0 bridgehead atoms. The molecule has 2 aromatic carbocycles. The average molecular weight is 361 g/mol. The summed E-state index contributed by atoms with van der Waals surface area (Å²) in [5.41, 5.74) is -0.114. The van der Waals surface area contributed by atoms with Gasteiger partial charge in [0, 0.05) is 10.4 Å². The molecule has 0 heterocycles. The lowest BCUT2D eigenvalue weighted by Gasteiger charge is -2.06. The molecule has 0 fully saturated rings. The van der Waals surface area contributed by atoms with E-state index in [2.05, 4.69) is 0 Å². The average Bonchev–Trinajstić information content (AvgIpc) is 2.47. The van der Waals surface area contributed by atoms with Crippen LogP contribution in [0.15, 0.2) is 53.9 Å². The molecule has 23 heavy (non-hydrogen) atoms. The van der Waals surface area contributed by atoms with Crippen LogP contribution >= 0.6 is 11.6 Å². The van der Waals surface area contributed by atoms with Gasteiger partial charge >= 0.3 is 6.18 Å². The first-order chi connectivity index (χ1) is 10.7. The first-order valence-corrected chi connectivity index (χ1v) is 8.58. The Morgan fingerprint density at radius 2 is 1.70 bits per heavy atom. The second-order valence-corrected chi connectivity index (χ2v) is 7.18. The van der Waals surface area contributed by atoms with Crippen molar-refractivity contribution in [2.45, 2.75) is 11.9 Å². The molecular formula is C16H12ClF3O2S. The molecule has 0 amide bonds. The molecule has 0 aliphatic heterocycles. The summed E-state index contributed by atoms with van der Waals surface area (Å²) in [6.45, 7) is 0. The summed E-state index contributed by atoms with van der Waals surface area (Å²) in [6, 6.07) is 10.8. The van der Waals surface area contributed by atoms with Crippen molar-refractivity contribution in [3.8, 4) is 0 Å². The summed E-state index contributed by atoms with van der Waals surface area (Å²) >= 11 is 5.72. The minimum absolute atomic E-state index is 0.166. The maximum Gasteiger partial charge on any atom is 0.416 e. The summed E-state index contributed by atoms with van der Waals surface area (Å²) < 4.78 is 61.8. The van der Waals surface area contributed by atoms with E-state index in [1.54, 1.807) is 24.3 Å². The van der Waals surface area contributed by atoms with Crippen molar-refractivity contribution in [2.24, 2.45) is 0 Å². The molecule has 0 aromatic heterocycles. The second kappa shape index (κ2) is 6.76. The largest absolute Gasteiger partial charge is 0.416 e. The van der Waals surface area contributed by atoms with Gasteiger partial charge in [-0.1, -0.05) is 35.9 Å². The third-order valence-electron chi connectivity index (χ3n) is 2.96. The number of benzene rings is 2. The molecule has 2 nitrogen and oxygen atoms in total. The van der Waals surface area contributed by atoms with Gasteiger partial charge in [0.2, 0.25) is 0 Å². The first-order valence-electron chi connectivity index (χ1n) is 6.48. The highest BCUT2D eigenvalue weighted by Gasteiger charge is 2.30. The highest BCUT2D eigenvalue weighted by Crippen LogP contribution is 2.29. The van der Waals surface area contributed by atoms with E-state index in [0.29, 0.717) is 10.6 Å². The molecule has 0 N–H and O–H groups in total. The van der Waals surface area contributed by atoms with Gasteiger partial charge in [-0.3, -0.25) is 0 Å². The lowest BCUT2D eigenvalue weighted by molar-refractivity contribution is -0.137. The Labute approximate surface area is 137 Å². The number of hydrogen-bond acceptors (Lipinski definition) is 2. The topological polar surface area (TPSA) is 34.1 Å². The van der Waals surface area contributed by atoms with E-state index in [4.69, 9.17) is 11.6 Å². The number of sulfone groups is 1. The molecule has 0 radical (unpaired) electrons. The zero-order valence-corrected chi connectivity index (χ0v) is 13.3. The van der Waals surface area contributed by atoms with Crippen LogP contribution in [-0.4, -0.2) is 8.42 Å². The molecule has 2 aromatic rings. The van der Waals surface area contributed by atoms with Gasteiger partial charge in [-0.15, -0.1) is 0 Å². The summed E-state index contributed by atoms with van der Waals surface area (Å²) in [5, 5.41) is 1.41.